The highest BCUT2D eigenvalue weighted by Gasteiger charge is 2.18. The fourth-order valence-electron chi connectivity index (χ4n) is 1.49. The van der Waals surface area contributed by atoms with Gasteiger partial charge in [-0.2, -0.15) is 0 Å². The molecule has 0 radical (unpaired) electrons. The van der Waals surface area contributed by atoms with Crippen LogP contribution in [0.5, 0.6) is 0 Å². The zero-order valence-electron chi connectivity index (χ0n) is 7.66. The summed E-state index contributed by atoms with van der Waals surface area (Å²) in [5.74, 6) is 0. The fourth-order valence-corrected chi connectivity index (χ4v) is 1.49. The summed E-state index contributed by atoms with van der Waals surface area (Å²) >= 11 is 0. The van der Waals surface area contributed by atoms with E-state index in [1.165, 1.54) is 6.42 Å². The Balaban J connectivity index is 2.07. The molecule has 0 aromatic carbocycles. The summed E-state index contributed by atoms with van der Waals surface area (Å²) in [6, 6.07) is 0.538. The van der Waals surface area contributed by atoms with Crippen molar-refractivity contribution in [2.75, 3.05) is 33.2 Å². The highest BCUT2D eigenvalue weighted by Crippen LogP contribution is 2.05. The molecule has 1 saturated heterocycles. The Kier molecular flexibility index (Phi) is 3.94. The molecule has 4 nitrogen and oxygen atoms in total. The maximum absolute atomic E-state index is 9.18. The number of nitrogens with zero attached hydrogens (tertiary/aromatic N) is 1. The van der Waals surface area contributed by atoms with Gasteiger partial charge < -0.3 is 21.1 Å². The fraction of sp³-hybridized carbons (Fsp3) is 1.00. The molecular weight excluding hydrogens is 154 g/mol. The Hall–Kier alpha value is -0.160. The first kappa shape index (κ1) is 9.92. The second-order valence-corrected chi connectivity index (χ2v) is 3.55. The standard InChI is InChI=1S/C8H19N3O/c1-11-3-2-7(6-11)10-5-8(12)4-9/h7-8,10,12H,2-6,9H2,1H3. The lowest BCUT2D eigenvalue weighted by molar-refractivity contribution is 0.175. The van der Waals surface area contributed by atoms with Crippen molar-refractivity contribution in [3.8, 4) is 0 Å². The maximum Gasteiger partial charge on any atom is 0.0786 e. The molecular formula is C8H19N3O. The van der Waals surface area contributed by atoms with Crippen LogP contribution in [0.4, 0.5) is 0 Å². The molecule has 4 heteroatoms. The Morgan fingerprint density at radius 1 is 1.75 bits per heavy atom. The minimum Gasteiger partial charge on any atom is -0.390 e. The van der Waals surface area contributed by atoms with Crippen molar-refractivity contribution >= 4 is 0 Å². The number of aliphatic hydroxyl groups excluding tert-OH is 1. The van der Waals surface area contributed by atoms with Crippen LogP contribution in [-0.2, 0) is 0 Å². The van der Waals surface area contributed by atoms with Crippen LogP contribution in [0.3, 0.4) is 0 Å². The molecule has 1 heterocycles. The molecule has 1 fully saturated rings. The van der Waals surface area contributed by atoms with E-state index < -0.39 is 6.10 Å². The molecule has 4 N–H and O–H groups in total. The lowest BCUT2D eigenvalue weighted by atomic mass is 10.2. The molecule has 1 aliphatic heterocycles. The normalized spacial score (nSPS) is 27.8. The van der Waals surface area contributed by atoms with Crippen LogP contribution in [0, 0.1) is 0 Å². The number of likely N-dealkylation sites (tertiary alicyclic amines) is 1. The second-order valence-electron chi connectivity index (χ2n) is 3.55. The number of likely N-dealkylation sites (N-methyl/N-ethyl adjacent to an activating group) is 1. The van der Waals surface area contributed by atoms with E-state index in [0.717, 1.165) is 13.1 Å². The molecule has 0 amide bonds. The van der Waals surface area contributed by atoms with Crippen molar-refractivity contribution in [2.45, 2.75) is 18.6 Å². The van der Waals surface area contributed by atoms with E-state index in [0.29, 0.717) is 19.1 Å². The summed E-state index contributed by atoms with van der Waals surface area (Å²) < 4.78 is 0. The Morgan fingerprint density at radius 3 is 3.00 bits per heavy atom. The summed E-state index contributed by atoms with van der Waals surface area (Å²) in [5, 5.41) is 12.5. The van der Waals surface area contributed by atoms with Gasteiger partial charge in [-0.3, -0.25) is 0 Å². The number of hydrogen-bond donors (Lipinski definition) is 3. The van der Waals surface area contributed by atoms with E-state index in [4.69, 9.17) is 5.73 Å². The quantitative estimate of drug-likeness (QED) is 0.489. The first-order chi connectivity index (χ1) is 5.72. The van der Waals surface area contributed by atoms with E-state index in [1.807, 2.05) is 0 Å². The van der Waals surface area contributed by atoms with Crippen LogP contribution in [0.2, 0.25) is 0 Å². The van der Waals surface area contributed by atoms with Crippen LogP contribution in [0.15, 0.2) is 0 Å². The van der Waals surface area contributed by atoms with Gasteiger partial charge in [0.25, 0.3) is 0 Å². The van der Waals surface area contributed by atoms with E-state index in [-0.39, 0.29) is 0 Å². The highest BCUT2D eigenvalue weighted by atomic mass is 16.3. The van der Waals surface area contributed by atoms with Crippen molar-refractivity contribution in [3.63, 3.8) is 0 Å². The molecule has 2 unspecified atom stereocenters. The van der Waals surface area contributed by atoms with Gasteiger partial charge in [-0.25, -0.2) is 0 Å². The van der Waals surface area contributed by atoms with Crippen LogP contribution in [0.1, 0.15) is 6.42 Å². The van der Waals surface area contributed by atoms with Gasteiger partial charge in [-0.05, 0) is 20.0 Å². The monoisotopic (exact) mass is 173 g/mol. The van der Waals surface area contributed by atoms with Crippen LogP contribution < -0.4 is 11.1 Å². The van der Waals surface area contributed by atoms with Gasteiger partial charge >= 0.3 is 0 Å². The number of nitrogens with two attached hydrogens (primary N) is 1. The third-order valence-electron chi connectivity index (χ3n) is 2.31. The molecule has 1 rings (SSSR count). The van der Waals surface area contributed by atoms with Gasteiger partial charge in [0.15, 0.2) is 0 Å². The zero-order chi connectivity index (χ0) is 8.97. The number of nitrogens with one attached hydrogen (secondary N) is 1. The molecule has 0 aliphatic carbocycles. The van der Waals surface area contributed by atoms with Gasteiger partial charge in [0.1, 0.15) is 0 Å². The van der Waals surface area contributed by atoms with Gasteiger partial charge in [-0.1, -0.05) is 0 Å². The predicted molar refractivity (Wildman–Crippen MR) is 49.0 cm³/mol. The molecule has 0 saturated carbocycles. The van der Waals surface area contributed by atoms with Crippen molar-refractivity contribution in [1.29, 1.82) is 0 Å². The van der Waals surface area contributed by atoms with Crippen LogP contribution >= 0.6 is 0 Å². The number of hydrogen-bond acceptors (Lipinski definition) is 4. The summed E-state index contributed by atoms with van der Waals surface area (Å²) in [6.45, 7) is 3.19. The molecule has 0 aromatic heterocycles. The smallest absolute Gasteiger partial charge is 0.0786 e. The number of aliphatic hydroxyl groups is 1. The first-order valence-electron chi connectivity index (χ1n) is 4.52. The maximum atomic E-state index is 9.18. The molecule has 1 aliphatic rings. The van der Waals surface area contributed by atoms with E-state index in [2.05, 4.69) is 17.3 Å². The summed E-state index contributed by atoms with van der Waals surface area (Å²) in [4.78, 5) is 2.28. The molecule has 0 bridgehead atoms. The van der Waals surface area contributed by atoms with Gasteiger partial charge in [0.05, 0.1) is 6.10 Å². The van der Waals surface area contributed by atoms with Crippen molar-refractivity contribution in [2.24, 2.45) is 5.73 Å². The average Bonchev–Trinajstić information content (AvgIpc) is 2.47. The number of rotatable bonds is 4. The van der Waals surface area contributed by atoms with Crippen molar-refractivity contribution in [3.05, 3.63) is 0 Å². The van der Waals surface area contributed by atoms with Crippen LogP contribution in [0.25, 0.3) is 0 Å². The third-order valence-corrected chi connectivity index (χ3v) is 2.31. The molecule has 12 heavy (non-hydrogen) atoms. The minimum atomic E-state index is -0.393. The Labute approximate surface area is 73.7 Å². The van der Waals surface area contributed by atoms with Crippen molar-refractivity contribution in [1.82, 2.24) is 10.2 Å². The largest absolute Gasteiger partial charge is 0.390 e. The van der Waals surface area contributed by atoms with Crippen LogP contribution in [-0.4, -0.2) is 55.4 Å². The van der Waals surface area contributed by atoms with Gasteiger partial charge in [0.2, 0.25) is 0 Å². The average molecular weight is 173 g/mol. The first-order valence-corrected chi connectivity index (χ1v) is 4.52. The SMILES string of the molecule is CN1CCC(NCC(O)CN)C1. The van der Waals surface area contributed by atoms with Gasteiger partial charge in [0, 0.05) is 25.7 Å². The molecule has 72 valence electrons. The molecule has 2 atom stereocenters. The third kappa shape index (κ3) is 3.06. The lowest BCUT2D eigenvalue weighted by Gasteiger charge is -2.15. The van der Waals surface area contributed by atoms with Gasteiger partial charge in [-0.15, -0.1) is 0 Å². The Bertz CT molecular complexity index is 131. The van der Waals surface area contributed by atoms with E-state index in [9.17, 15) is 5.11 Å². The molecule has 0 aromatic rings. The second kappa shape index (κ2) is 4.77. The van der Waals surface area contributed by atoms with E-state index in [1.54, 1.807) is 0 Å². The minimum absolute atomic E-state index is 0.343. The zero-order valence-corrected chi connectivity index (χ0v) is 7.66. The van der Waals surface area contributed by atoms with Crippen molar-refractivity contribution < 1.29 is 5.11 Å². The highest BCUT2D eigenvalue weighted by molar-refractivity contribution is 4.79. The predicted octanol–water partition coefficient (Wildman–Crippen LogP) is -1.40. The molecule has 0 spiro atoms. The summed E-state index contributed by atoms with van der Waals surface area (Å²) in [5.41, 5.74) is 5.28. The summed E-state index contributed by atoms with van der Waals surface area (Å²) in [7, 11) is 2.11. The Morgan fingerprint density at radius 2 is 2.50 bits per heavy atom. The topological polar surface area (TPSA) is 61.5 Å². The lowest BCUT2D eigenvalue weighted by Crippen LogP contribution is -2.39. The summed E-state index contributed by atoms with van der Waals surface area (Å²) in [6.07, 6.45) is 0.782. The van der Waals surface area contributed by atoms with E-state index >= 15 is 0 Å².